The molecule has 1 aromatic heterocycles. The van der Waals surface area contributed by atoms with Crippen molar-refractivity contribution in [2.45, 2.75) is 51.0 Å². The van der Waals surface area contributed by atoms with Crippen LogP contribution in [0.4, 0.5) is 0 Å². The van der Waals surface area contributed by atoms with Crippen molar-refractivity contribution in [1.82, 2.24) is 10.1 Å². The maximum Gasteiger partial charge on any atom is 0.226 e. The summed E-state index contributed by atoms with van der Waals surface area (Å²) in [7, 11) is 1.70. The van der Waals surface area contributed by atoms with Crippen LogP contribution in [0.25, 0.3) is 0 Å². The van der Waals surface area contributed by atoms with Gasteiger partial charge in [0.2, 0.25) is 11.7 Å². The van der Waals surface area contributed by atoms with Gasteiger partial charge < -0.3 is 19.7 Å². The fourth-order valence-electron chi connectivity index (χ4n) is 2.88. The third kappa shape index (κ3) is 4.02. The minimum atomic E-state index is -0.443. The van der Waals surface area contributed by atoms with Crippen LogP contribution in [0.15, 0.2) is 4.52 Å². The number of hydrogen-bond donors (Lipinski definition) is 1. The number of aromatic nitrogens is 2. The normalized spacial score (nSPS) is 19.6. The largest absolute Gasteiger partial charge is 0.381 e. The first-order valence-corrected chi connectivity index (χ1v) is 7.90. The highest BCUT2D eigenvalue weighted by Gasteiger charge is 2.39. The number of ether oxygens (including phenoxy) is 2. The van der Waals surface area contributed by atoms with E-state index in [4.69, 9.17) is 19.7 Å². The number of hydrogen-bond acceptors (Lipinski definition) is 6. The summed E-state index contributed by atoms with van der Waals surface area (Å²) in [5.74, 6) is 1.99. The molecule has 2 rings (SSSR count). The Bertz CT molecular complexity index is 416. The van der Waals surface area contributed by atoms with E-state index in [2.05, 4.69) is 17.1 Å². The van der Waals surface area contributed by atoms with Gasteiger partial charge in [0, 0.05) is 39.6 Å². The quantitative estimate of drug-likeness (QED) is 0.790. The van der Waals surface area contributed by atoms with E-state index in [9.17, 15) is 0 Å². The lowest BCUT2D eigenvalue weighted by Gasteiger charge is -2.32. The Morgan fingerprint density at radius 1 is 1.33 bits per heavy atom. The summed E-state index contributed by atoms with van der Waals surface area (Å²) >= 11 is 0. The molecule has 0 amide bonds. The van der Waals surface area contributed by atoms with Gasteiger partial charge in [0.25, 0.3) is 0 Å². The van der Waals surface area contributed by atoms with Crippen LogP contribution in [-0.2, 0) is 21.5 Å². The zero-order valence-corrected chi connectivity index (χ0v) is 13.1. The standard InChI is InChI=1S/C15H27N3O3/c1-3-12(6-9-16)4-5-13-17-14(18-21-13)15(19-2)7-10-20-11-8-15/h12H,3-11,16H2,1-2H3. The monoisotopic (exact) mass is 297 g/mol. The van der Waals surface area contributed by atoms with E-state index >= 15 is 0 Å². The molecular weight excluding hydrogens is 270 g/mol. The van der Waals surface area contributed by atoms with Crippen molar-refractivity contribution in [1.29, 1.82) is 0 Å². The van der Waals surface area contributed by atoms with Crippen molar-refractivity contribution >= 4 is 0 Å². The van der Waals surface area contributed by atoms with Crippen LogP contribution in [0.3, 0.4) is 0 Å². The first-order chi connectivity index (χ1) is 10.2. The molecule has 1 fully saturated rings. The summed E-state index contributed by atoms with van der Waals surface area (Å²) < 4.78 is 16.5. The molecule has 0 radical (unpaired) electrons. The molecule has 2 heterocycles. The van der Waals surface area contributed by atoms with Crippen LogP contribution < -0.4 is 5.73 Å². The SMILES string of the molecule is CCC(CCN)CCc1nc(C2(OC)CCOCC2)no1. The van der Waals surface area contributed by atoms with Crippen molar-refractivity contribution in [3.05, 3.63) is 11.7 Å². The third-order valence-electron chi connectivity index (χ3n) is 4.49. The highest BCUT2D eigenvalue weighted by Crippen LogP contribution is 2.33. The van der Waals surface area contributed by atoms with Gasteiger partial charge in [-0.3, -0.25) is 0 Å². The van der Waals surface area contributed by atoms with Gasteiger partial charge in [-0.05, 0) is 25.3 Å². The second-order valence-electron chi connectivity index (χ2n) is 5.71. The molecule has 6 heteroatoms. The Morgan fingerprint density at radius 2 is 2.10 bits per heavy atom. The van der Waals surface area contributed by atoms with Crippen LogP contribution in [0.1, 0.15) is 50.7 Å². The molecule has 0 spiro atoms. The van der Waals surface area contributed by atoms with E-state index < -0.39 is 5.60 Å². The van der Waals surface area contributed by atoms with E-state index in [-0.39, 0.29) is 0 Å². The molecule has 1 aromatic rings. The Morgan fingerprint density at radius 3 is 2.71 bits per heavy atom. The third-order valence-corrected chi connectivity index (χ3v) is 4.49. The van der Waals surface area contributed by atoms with E-state index in [0.29, 0.717) is 30.8 Å². The Kier molecular flexibility index (Phi) is 6.14. The number of nitrogens with two attached hydrogens (primary N) is 1. The van der Waals surface area contributed by atoms with Gasteiger partial charge >= 0.3 is 0 Å². The van der Waals surface area contributed by atoms with Crippen molar-refractivity contribution in [2.24, 2.45) is 11.7 Å². The average molecular weight is 297 g/mol. The lowest BCUT2D eigenvalue weighted by atomic mass is 9.93. The first kappa shape index (κ1) is 16.4. The number of rotatable bonds is 8. The predicted molar refractivity (Wildman–Crippen MR) is 78.8 cm³/mol. The molecule has 0 saturated carbocycles. The Balaban J connectivity index is 1.97. The van der Waals surface area contributed by atoms with E-state index in [1.54, 1.807) is 7.11 Å². The number of nitrogens with zero attached hydrogens (tertiary/aromatic N) is 2. The minimum absolute atomic E-state index is 0.443. The lowest BCUT2D eigenvalue weighted by Crippen LogP contribution is -2.36. The summed E-state index contributed by atoms with van der Waals surface area (Å²) in [6.45, 7) is 4.28. The van der Waals surface area contributed by atoms with Gasteiger partial charge in [0.05, 0.1) is 0 Å². The van der Waals surface area contributed by atoms with Gasteiger partial charge in [-0.25, -0.2) is 0 Å². The van der Waals surface area contributed by atoms with Crippen LogP contribution in [-0.4, -0.2) is 37.0 Å². The Labute approximate surface area is 126 Å². The lowest BCUT2D eigenvalue weighted by molar-refractivity contribution is -0.101. The smallest absolute Gasteiger partial charge is 0.226 e. The van der Waals surface area contributed by atoms with Gasteiger partial charge in [0.15, 0.2) is 0 Å². The molecular formula is C15H27N3O3. The number of methoxy groups -OCH3 is 1. The van der Waals surface area contributed by atoms with Crippen LogP contribution >= 0.6 is 0 Å². The summed E-state index contributed by atoms with van der Waals surface area (Å²) in [5, 5.41) is 4.14. The zero-order chi connectivity index (χ0) is 15.1. The molecule has 6 nitrogen and oxygen atoms in total. The summed E-state index contributed by atoms with van der Waals surface area (Å²) in [6.07, 6.45) is 5.58. The van der Waals surface area contributed by atoms with Crippen LogP contribution in [0.5, 0.6) is 0 Å². The molecule has 1 unspecified atom stereocenters. The van der Waals surface area contributed by atoms with Gasteiger partial charge in [-0.1, -0.05) is 18.5 Å². The second-order valence-corrected chi connectivity index (χ2v) is 5.71. The minimum Gasteiger partial charge on any atom is -0.381 e. The van der Waals surface area contributed by atoms with E-state index in [1.807, 2.05) is 0 Å². The van der Waals surface area contributed by atoms with Crippen LogP contribution in [0.2, 0.25) is 0 Å². The van der Waals surface area contributed by atoms with Crippen LogP contribution in [0, 0.1) is 5.92 Å². The number of aryl methyl sites for hydroxylation is 1. The van der Waals surface area contributed by atoms with Crippen molar-refractivity contribution in [3.63, 3.8) is 0 Å². The molecule has 1 saturated heterocycles. The van der Waals surface area contributed by atoms with Gasteiger partial charge in [0.1, 0.15) is 5.60 Å². The Hall–Kier alpha value is -0.980. The van der Waals surface area contributed by atoms with Crippen molar-refractivity contribution in [2.75, 3.05) is 26.9 Å². The highest BCUT2D eigenvalue weighted by molar-refractivity contribution is 5.03. The van der Waals surface area contributed by atoms with E-state index in [0.717, 1.165) is 45.1 Å². The molecule has 0 aromatic carbocycles. The highest BCUT2D eigenvalue weighted by atomic mass is 16.5. The van der Waals surface area contributed by atoms with E-state index in [1.165, 1.54) is 0 Å². The molecule has 1 aliphatic heterocycles. The maximum absolute atomic E-state index is 5.68. The summed E-state index contributed by atoms with van der Waals surface area (Å²) in [6, 6.07) is 0. The topological polar surface area (TPSA) is 83.4 Å². The van der Waals surface area contributed by atoms with Crippen molar-refractivity contribution in [3.8, 4) is 0 Å². The molecule has 0 aliphatic carbocycles. The molecule has 1 atom stereocenters. The van der Waals surface area contributed by atoms with Gasteiger partial charge in [-0.2, -0.15) is 4.98 Å². The maximum atomic E-state index is 5.68. The average Bonchev–Trinajstić information content (AvgIpc) is 3.01. The zero-order valence-electron chi connectivity index (χ0n) is 13.1. The molecule has 0 bridgehead atoms. The fraction of sp³-hybridized carbons (Fsp3) is 0.867. The molecule has 2 N–H and O–H groups in total. The molecule has 120 valence electrons. The second kappa shape index (κ2) is 7.87. The van der Waals surface area contributed by atoms with Gasteiger partial charge in [-0.15, -0.1) is 0 Å². The fourth-order valence-corrected chi connectivity index (χ4v) is 2.88. The molecule has 1 aliphatic rings. The summed E-state index contributed by atoms with van der Waals surface area (Å²) in [5.41, 5.74) is 5.19. The predicted octanol–water partition coefficient (Wildman–Crippen LogP) is 2.03. The van der Waals surface area contributed by atoms with Crippen molar-refractivity contribution < 1.29 is 14.0 Å². The first-order valence-electron chi connectivity index (χ1n) is 7.90. The summed E-state index contributed by atoms with van der Waals surface area (Å²) in [4.78, 5) is 4.55. The molecule has 21 heavy (non-hydrogen) atoms.